The molecule has 2 rings (SSSR count). The molecule has 0 fully saturated rings. The van der Waals surface area contributed by atoms with Gasteiger partial charge in [0.15, 0.2) is 0 Å². The minimum Gasteiger partial charge on any atom is -0.495 e. The lowest BCUT2D eigenvalue weighted by molar-refractivity contribution is -0.116. The number of halogens is 1. The fourth-order valence-corrected chi connectivity index (χ4v) is 2.63. The highest BCUT2D eigenvalue weighted by Crippen LogP contribution is 2.27. The Balaban J connectivity index is 1.99. The van der Waals surface area contributed by atoms with Crippen molar-refractivity contribution in [3.05, 3.63) is 53.1 Å². The molecule has 0 spiro atoms. The molecule has 0 saturated carbocycles. The average molecular weight is 361 g/mol. The summed E-state index contributed by atoms with van der Waals surface area (Å²) >= 11 is 6.11. The fraction of sp³-hybridized carbons (Fsp3) is 0.350. The van der Waals surface area contributed by atoms with Gasteiger partial charge < -0.3 is 15.4 Å². The summed E-state index contributed by atoms with van der Waals surface area (Å²) in [4.78, 5) is 12.4. The fourth-order valence-electron chi connectivity index (χ4n) is 2.38. The van der Waals surface area contributed by atoms with Gasteiger partial charge in [-0.25, -0.2) is 0 Å². The van der Waals surface area contributed by atoms with E-state index in [1.165, 1.54) is 5.56 Å². The zero-order valence-electron chi connectivity index (χ0n) is 15.3. The van der Waals surface area contributed by atoms with Crippen LogP contribution in [0.1, 0.15) is 33.3 Å². The summed E-state index contributed by atoms with van der Waals surface area (Å²) in [6.45, 7) is 8.28. The Morgan fingerprint density at radius 1 is 1.08 bits per heavy atom. The highest BCUT2D eigenvalue weighted by Gasteiger charge is 2.15. The van der Waals surface area contributed by atoms with E-state index in [4.69, 9.17) is 16.3 Å². The first kappa shape index (κ1) is 19.1. The van der Waals surface area contributed by atoms with E-state index in [0.717, 1.165) is 11.4 Å². The normalized spacial score (nSPS) is 12.4. The number of hydrogen-bond acceptors (Lipinski definition) is 3. The molecule has 2 aromatic carbocycles. The van der Waals surface area contributed by atoms with Crippen molar-refractivity contribution in [2.75, 3.05) is 17.7 Å². The van der Waals surface area contributed by atoms with E-state index in [1.54, 1.807) is 26.2 Å². The number of methoxy groups -OCH3 is 1. The van der Waals surface area contributed by atoms with Crippen molar-refractivity contribution in [1.82, 2.24) is 0 Å². The molecule has 25 heavy (non-hydrogen) atoms. The van der Waals surface area contributed by atoms with Gasteiger partial charge in [0, 0.05) is 11.4 Å². The number of benzene rings is 2. The Bertz CT molecular complexity index is 736. The summed E-state index contributed by atoms with van der Waals surface area (Å²) in [5.41, 5.74) is 2.85. The van der Waals surface area contributed by atoms with Crippen molar-refractivity contribution in [2.45, 2.75) is 39.2 Å². The Morgan fingerprint density at radius 2 is 1.68 bits per heavy atom. The molecule has 0 unspecified atom stereocenters. The van der Waals surface area contributed by atoms with Crippen LogP contribution in [0.2, 0.25) is 5.02 Å². The van der Waals surface area contributed by atoms with Crippen molar-refractivity contribution in [2.24, 2.45) is 0 Å². The van der Waals surface area contributed by atoms with Gasteiger partial charge in [-0.3, -0.25) is 4.79 Å². The second-order valence-corrected chi connectivity index (χ2v) is 7.44. The summed E-state index contributed by atoms with van der Waals surface area (Å²) in [5.74, 6) is 0.485. The maximum Gasteiger partial charge on any atom is 0.246 e. The third-order valence-electron chi connectivity index (χ3n) is 3.95. The minimum absolute atomic E-state index is 0.0883. The molecule has 2 N–H and O–H groups in total. The molecule has 134 valence electrons. The molecule has 0 radical (unpaired) electrons. The number of nitrogens with one attached hydrogen (secondary N) is 2. The minimum atomic E-state index is -0.410. The molecule has 0 saturated heterocycles. The summed E-state index contributed by atoms with van der Waals surface area (Å²) in [7, 11) is 1.56. The molecular formula is C20H25ClN2O2. The van der Waals surface area contributed by atoms with E-state index in [2.05, 4.69) is 31.4 Å². The quantitative estimate of drug-likeness (QED) is 0.781. The molecule has 0 aliphatic rings. The summed E-state index contributed by atoms with van der Waals surface area (Å²) in [6, 6.07) is 12.8. The zero-order chi connectivity index (χ0) is 18.6. The molecule has 0 aliphatic heterocycles. The highest BCUT2D eigenvalue weighted by molar-refractivity contribution is 6.32. The molecule has 5 heteroatoms. The van der Waals surface area contributed by atoms with Crippen LogP contribution in [0.25, 0.3) is 0 Å². The van der Waals surface area contributed by atoms with Crippen LogP contribution in [0.15, 0.2) is 42.5 Å². The maximum atomic E-state index is 12.4. The molecule has 0 aromatic heterocycles. The molecule has 1 amide bonds. The van der Waals surface area contributed by atoms with Gasteiger partial charge in [-0.2, -0.15) is 0 Å². The lowest BCUT2D eigenvalue weighted by atomic mass is 9.87. The standard InChI is InChI=1S/C20H25ClN2O2/c1-13(22-16-10-11-18(25-5)17(21)12-16)19(24)23-15-8-6-14(7-9-15)20(2,3)4/h6-13,22H,1-5H3,(H,23,24)/t13-/m0/s1. The third kappa shape index (κ3) is 5.13. The van der Waals surface area contributed by atoms with E-state index < -0.39 is 6.04 Å². The second kappa shape index (κ2) is 7.79. The Labute approximate surface area is 154 Å². The van der Waals surface area contributed by atoms with Crippen LogP contribution in [0, 0.1) is 0 Å². The van der Waals surface area contributed by atoms with Crippen LogP contribution < -0.4 is 15.4 Å². The van der Waals surface area contributed by atoms with Gasteiger partial charge in [-0.1, -0.05) is 44.5 Å². The Hall–Kier alpha value is -2.20. The SMILES string of the molecule is COc1ccc(N[C@@H](C)C(=O)Nc2ccc(C(C)(C)C)cc2)cc1Cl. The van der Waals surface area contributed by atoms with Crippen LogP contribution in [0.5, 0.6) is 5.75 Å². The van der Waals surface area contributed by atoms with Gasteiger partial charge in [0.05, 0.1) is 12.1 Å². The molecule has 1 atom stereocenters. The number of amides is 1. The van der Waals surface area contributed by atoms with Crippen molar-refractivity contribution >= 4 is 28.9 Å². The number of ether oxygens (including phenoxy) is 1. The molecule has 4 nitrogen and oxygen atoms in total. The van der Waals surface area contributed by atoms with E-state index in [0.29, 0.717) is 10.8 Å². The molecular weight excluding hydrogens is 336 g/mol. The zero-order valence-corrected chi connectivity index (χ0v) is 16.1. The number of carbonyl (C=O) groups excluding carboxylic acids is 1. The highest BCUT2D eigenvalue weighted by atomic mass is 35.5. The van der Waals surface area contributed by atoms with Crippen LogP contribution in [0.3, 0.4) is 0 Å². The van der Waals surface area contributed by atoms with E-state index in [1.807, 2.05) is 30.3 Å². The largest absolute Gasteiger partial charge is 0.495 e. The Kier molecular flexibility index (Phi) is 5.96. The van der Waals surface area contributed by atoms with Crippen LogP contribution in [-0.2, 0) is 10.2 Å². The summed E-state index contributed by atoms with van der Waals surface area (Å²) in [5, 5.41) is 6.55. The van der Waals surface area contributed by atoms with Gasteiger partial charge in [-0.05, 0) is 48.2 Å². The van der Waals surface area contributed by atoms with E-state index >= 15 is 0 Å². The van der Waals surface area contributed by atoms with Crippen LogP contribution >= 0.6 is 11.6 Å². The van der Waals surface area contributed by atoms with Crippen molar-refractivity contribution < 1.29 is 9.53 Å². The van der Waals surface area contributed by atoms with Gasteiger partial charge in [-0.15, -0.1) is 0 Å². The first-order chi connectivity index (χ1) is 11.7. The van der Waals surface area contributed by atoms with Gasteiger partial charge in [0.25, 0.3) is 0 Å². The average Bonchev–Trinajstić information content (AvgIpc) is 2.54. The number of rotatable bonds is 5. The molecule has 2 aromatic rings. The molecule has 0 bridgehead atoms. The van der Waals surface area contributed by atoms with Gasteiger partial charge in [0.2, 0.25) is 5.91 Å². The first-order valence-electron chi connectivity index (χ1n) is 8.22. The summed E-state index contributed by atoms with van der Waals surface area (Å²) in [6.07, 6.45) is 0. The predicted octanol–water partition coefficient (Wildman–Crippen LogP) is 5.09. The van der Waals surface area contributed by atoms with Gasteiger partial charge in [0.1, 0.15) is 11.8 Å². The van der Waals surface area contributed by atoms with E-state index in [9.17, 15) is 4.79 Å². The topological polar surface area (TPSA) is 50.4 Å². The number of carbonyl (C=O) groups is 1. The second-order valence-electron chi connectivity index (χ2n) is 7.03. The first-order valence-corrected chi connectivity index (χ1v) is 8.60. The van der Waals surface area contributed by atoms with Gasteiger partial charge >= 0.3 is 0 Å². The van der Waals surface area contributed by atoms with Crippen molar-refractivity contribution in [3.8, 4) is 5.75 Å². The maximum absolute atomic E-state index is 12.4. The monoisotopic (exact) mass is 360 g/mol. The molecule has 0 heterocycles. The lowest BCUT2D eigenvalue weighted by Gasteiger charge is -2.20. The lowest BCUT2D eigenvalue weighted by Crippen LogP contribution is -2.31. The van der Waals surface area contributed by atoms with E-state index in [-0.39, 0.29) is 11.3 Å². The third-order valence-corrected chi connectivity index (χ3v) is 4.24. The number of hydrogen-bond donors (Lipinski definition) is 2. The van der Waals surface area contributed by atoms with Crippen LogP contribution in [0.4, 0.5) is 11.4 Å². The predicted molar refractivity (Wildman–Crippen MR) is 105 cm³/mol. The van der Waals surface area contributed by atoms with Crippen LogP contribution in [-0.4, -0.2) is 19.1 Å². The summed E-state index contributed by atoms with van der Waals surface area (Å²) < 4.78 is 5.13. The van der Waals surface area contributed by atoms with Crippen molar-refractivity contribution in [3.63, 3.8) is 0 Å². The number of anilines is 2. The Morgan fingerprint density at radius 3 is 2.20 bits per heavy atom. The van der Waals surface area contributed by atoms with Crippen molar-refractivity contribution in [1.29, 1.82) is 0 Å². The smallest absolute Gasteiger partial charge is 0.246 e. The molecule has 0 aliphatic carbocycles.